The Labute approximate surface area is 131 Å². The minimum Gasteiger partial charge on any atom is -0.458 e. The van der Waals surface area contributed by atoms with Crippen LogP contribution in [0.5, 0.6) is 0 Å². The average molecular weight is 310 g/mol. The summed E-state index contributed by atoms with van der Waals surface area (Å²) in [6.45, 7) is 10.4. The molecule has 0 aliphatic carbocycles. The number of carbonyl (C=O) groups excluding carboxylic acids is 2. The first-order valence-corrected chi connectivity index (χ1v) is 7.34. The quantitative estimate of drug-likeness (QED) is 0.624. The molecule has 1 rings (SSSR count). The number of nitrogens with one attached hydrogen (secondary N) is 2. The fourth-order valence-corrected chi connectivity index (χ4v) is 1.70. The van der Waals surface area contributed by atoms with Crippen molar-refractivity contribution in [2.75, 3.05) is 20.3 Å². The molecule has 0 saturated heterocycles. The highest BCUT2D eigenvalue weighted by atomic mass is 16.5. The molecule has 0 saturated carbocycles. The van der Waals surface area contributed by atoms with Crippen molar-refractivity contribution in [3.63, 3.8) is 0 Å². The molecule has 1 aromatic rings. The number of H-pyrrole nitrogens is 1. The van der Waals surface area contributed by atoms with Crippen LogP contribution >= 0.6 is 0 Å². The molecule has 124 valence electrons. The largest absolute Gasteiger partial charge is 0.458 e. The molecule has 0 bridgehead atoms. The molecule has 1 heterocycles. The first kappa shape index (κ1) is 18.2. The van der Waals surface area contributed by atoms with Gasteiger partial charge in [0.1, 0.15) is 11.8 Å². The van der Waals surface area contributed by atoms with Crippen molar-refractivity contribution in [3.8, 4) is 0 Å². The molecule has 0 aromatic carbocycles. The number of carbonyl (C=O) groups is 2. The van der Waals surface area contributed by atoms with Crippen LogP contribution in [0, 0.1) is 12.3 Å². The van der Waals surface area contributed by atoms with Crippen molar-refractivity contribution >= 4 is 11.9 Å². The third kappa shape index (κ3) is 4.59. The van der Waals surface area contributed by atoms with E-state index in [1.54, 1.807) is 14.0 Å². The number of hydrogen-bond donors (Lipinski definition) is 2. The first-order valence-electron chi connectivity index (χ1n) is 7.34. The van der Waals surface area contributed by atoms with E-state index >= 15 is 0 Å². The average Bonchev–Trinajstić information content (AvgIpc) is 2.79. The van der Waals surface area contributed by atoms with Gasteiger partial charge in [-0.15, -0.1) is 0 Å². The van der Waals surface area contributed by atoms with Crippen LogP contribution in [0.4, 0.5) is 0 Å². The van der Waals surface area contributed by atoms with E-state index in [4.69, 9.17) is 9.47 Å². The van der Waals surface area contributed by atoms with E-state index in [1.807, 2.05) is 27.7 Å². The lowest BCUT2D eigenvalue weighted by atomic mass is 9.90. The highest BCUT2D eigenvalue weighted by Gasteiger charge is 2.26. The molecular weight excluding hydrogens is 284 g/mol. The van der Waals surface area contributed by atoms with Gasteiger partial charge in [-0.05, 0) is 24.8 Å². The summed E-state index contributed by atoms with van der Waals surface area (Å²) in [4.78, 5) is 27.1. The highest BCUT2D eigenvalue weighted by Crippen LogP contribution is 2.23. The van der Waals surface area contributed by atoms with E-state index in [0.717, 1.165) is 0 Å². The zero-order valence-corrected chi connectivity index (χ0v) is 14.2. The van der Waals surface area contributed by atoms with Crippen LogP contribution in [-0.2, 0) is 9.47 Å². The van der Waals surface area contributed by atoms with Crippen molar-refractivity contribution in [3.05, 3.63) is 23.0 Å². The summed E-state index contributed by atoms with van der Waals surface area (Å²) in [5.41, 5.74) is 1.20. The number of ether oxygens (including phenoxy) is 2. The lowest BCUT2D eigenvalue weighted by Crippen LogP contribution is -2.29. The van der Waals surface area contributed by atoms with Crippen LogP contribution in [-0.4, -0.2) is 43.2 Å². The zero-order valence-electron chi connectivity index (χ0n) is 14.2. The van der Waals surface area contributed by atoms with Gasteiger partial charge in [0.15, 0.2) is 0 Å². The Morgan fingerprint density at radius 2 is 2.00 bits per heavy atom. The minimum absolute atomic E-state index is 0.139. The van der Waals surface area contributed by atoms with Crippen LogP contribution in [0.1, 0.15) is 54.1 Å². The lowest BCUT2D eigenvalue weighted by Gasteiger charge is -2.26. The summed E-state index contributed by atoms with van der Waals surface area (Å²) < 4.78 is 10.3. The molecule has 2 N–H and O–H groups in total. The summed E-state index contributed by atoms with van der Waals surface area (Å²) in [5, 5.41) is 2.71. The van der Waals surface area contributed by atoms with Crippen LogP contribution < -0.4 is 5.32 Å². The third-order valence-electron chi connectivity index (χ3n) is 3.68. The number of aromatic nitrogens is 1. The molecule has 0 spiro atoms. The molecule has 0 aliphatic rings. The van der Waals surface area contributed by atoms with E-state index < -0.39 is 5.97 Å². The van der Waals surface area contributed by atoms with Crippen molar-refractivity contribution in [2.24, 2.45) is 5.41 Å². The molecule has 0 fully saturated rings. The summed E-state index contributed by atoms with van der Waals surface area (Å²) in [7, 11) is 1.57. The normalized spacial score (nSPS) is 12.8. The predicted octanol–water partition coefficient (Wildman–Crippen LogP) is 2.29. The predicted molar refractivity (Wildman–Crippen MR) is 84.1 cm³/mol. The van der Waals surface area contributed by atoms with Gasteiger partial charge in [0.25, 0.3) is 5.91 Å². The van der Waals surface area contributed by atoms with E-state index in [9.17, 15) is 9.59 Å². The monoisotopic (exact) mass is 310 g/mol. The molecule has 0 aliphatic heterocycles. The number of esters is 1. The number of amides is 1. The minimum atomic E-state index is -0.424. The second-order valence-corrected chi connectivity index (χ2v) is 6.36. The Hall–Kier alpha value is -1.82. The van der Waals surface area contributed by atoms with E-state index in [-0.39, 0.29) is 17.4 Å². The van der Waals surface area contributed by atoms with Gasteiger partial charge in [0.05, 0.1) is 12.2 Å². The van der Waals surface area contributed by atoms with Crippen LogP contribution in [0.15, 0.2) is 6.20 Å². The van der Waals surface area contributed by atoms with Gasteiger partial charge in [0.2, 0.25) is 0 Å². The molecule has 6 heteroatoms. The number of aromatic amines is 1. The van der Waals surface area contributed by atoms with Crippen LogP contribution in [0.2, 0.25) is 0 Å². The SMILES string of the molecule is COCCNC(=O)c1[nH]cc(C(=O)O[C@@H](C)C(C)(C)C)c1C. The molecule has 1 atom stereocenters. The smallest absolute Gasteiger partial charge is 0.340 e. The zero-order chi connectivity index (χ0) is 16.9. The van der Waals surface area contributed by atoms with Crippen molar-refractivity contribution in [2.45, 2.75) is 40.7 Å². The summed E-state index contributed by atoms with van der Waals surface area (Å²) in [6.07, 6.45) is 1.28. The topological polar surface area (TPSA) is 80.4 Å². The Bertz CT molecular complexity index is 529. The molecule has 22 heavy (non-hydrogen) atoms. The fraction of sp³-hybridized carbons (Fsp3) is 0.625. The summed E-state index contributed by atoms with van der Waals surface area (Å²) in [6, 6.07) is 0. The van der Waals surface area contributed by atoms with Crippen molar-refractivity contribution < 1.29 is 19.1 Å². The van der Waals surface area contributed by atoms with Crippen LogP contribution in [0.25, 0.3) is 0 Å². The van der Waals surface area contributed by atoms with Gasteiger partial charge in [-0.25, -0.2) is 4.79 Å². The van der Waals surface area contributed by atoms with Gasteiger partial charge >= 0.3 is 5.97 Å². The lowest BCUT2D eigenvalue weighted by molar-refractivity contribution is 0.00475. The number of hydrogen-bond acceptors (Lipinski definition) is 4. The molecule has 0 unspecified atom stereocenters. The van der Waals surface area contributed by atoms with Gasteiger partial charge in [-0.1, -0.05) is 20.8 Å². The number of methoxy groups -OCH3 is 1. The second kappa shape index (κ2) is 7.45. The Morgan fingerprint density at radius 3 is 2.55 bits per heavy atom. The van der Waals surface area contributed by atoms with Crippen LogP contribution in [0.3, 0.4) is 0 Å². The maximum absolute atomic E-state index is 12.2. The Morgan fingerprint density at radius 1 is 1.36 bits per heavy atom. The van der Waals surface area contributed by atoms with Gasteiger partial charge in [0, 0.05) is 19.9 Å². The summed E-state index contributed by atoms with van der Waals surface area (Å²) in [5.74, 6) is -0.690. The highest BCUT2D eigenvalue weighted by molar-refractivity contribution is 5.99. The maximum Gasteiger partial charge on any atom is 0.340 e. The summed E-state index contributed by atoms with van der Waals surface area (Å²) >= 11 is 0. The maximum atomic E-state index is 12.2. The van der Waals surface area contributed by atoms with E-state index in [2.05, 4.69) is 10.3 Å². The molecular formula is C16H26N2O4. The second-order valence-electron chi connectivity index (χ2n) is 6.36. The van der Waals surface area contributed by atoms with Crippen molar-refractivity contribution in [1.82, 2.24) is 10.3 Å². The van der Waals surface area contributed by atoms with Gasteiger partial charge < -0.3 is 19.8 Å². The number of rotatable bonds is 6. The molecule has 6 nitrogen and oxygen atoms in total. The third-order valence-corrected chi connectivity index (χ3v) is 3.68. The molecule has 0 radical (unpaired) electrons. The Balaban J connectivity index is 2.78. The standard InChI is InChI=1S/C16H26N2O4/c1-10-12(15(20)22-11(2)16(3,4)5)9-18-13(10)14(19)17-7-8-21-6/h9,11,18H,7-8H2,1-6H3,(H,17,19)/t11-/m0/s1. The van der Waals surface area contributed by atoms with Gasteiger partial charge in [-0.3, -0.25) is 4.79 Å². The van der Waals surface area contributed by atoms with E-state index in [0.29, 0.717) is 30.0 Å². The fourth-order valence-electron chi connectivity index (χ4n) is 1.70. The Kier molecular flexibility index (Phi) is 6.17. The molecule has 1 amide bonds. The van der Waals surface area contributed by atoms with Crippen molar-refractivity contribution in [1.29, 1.82) is 0 Å². The first-order chi connectivity index (χ1) is 10.2. The van der Waals surface area contributed by atoms with E-state index in [1.165, 1.54) is 6.20 Å². The molecule has 1 aromatic heterocycles. The van der Waals surface area contributed by atoms with Gasteiger partial charge in [-0.2, -0.15) is 0 Å².